The van der Waals surface area contributed by atoms with Crippen molar-refractivity contribution < 1.29 is 22.8 Å². The maximum Gasteiger partial charge on any atom is 0.406 e. The van der Waals surface area contributed by atoms with E-state index in [1.165, 1.54) is 0 Å². The van der Waals surface area contributed by atoms with Gasteiger partial charge in [-0.1, -0.05) is 6.92 Å². The zero-order chi connectivity index (χ0) is 17.0. The number of carbonyl (C=O) groups excluding carboxylic acids is 2. The lowest BCUT2D eigenvalue weighted by Crippen LogP contribution is -2.50. The Hall–Kier alpha value is -1.31. The number of hydrogen-bond acceptors (Lipinski definition) is 3. The van der Waals surface area contributed by atoms with Gasteiger partial charge in [-0.05, 0) is 32.2 Å². The van der Waals surface area contributed by atoms with Gasteiger partial charge < -0.3 is 10.2 Å². The molecule has 1 N–H and O–H groups in total. The lowest BCUT2D eigenvalue weighted by molar-refractivity contribution is -0.159. The smallest absolute Gasteiger partial charge is 0.356 e. The summed E-state index contributed by atoms with van der Waals surface area (Å²) in [6.07, 6.45) is -1.56. The molecule has 5 nitrogen and oxygen atoms in total. The summed E-state index contributed by atoms with van der Waals surface area (Å²) >= 11 is 0. The van der Waals surface area contributed by atoms with Gasteiger partial charge >= 0.3 is 6.18 Å². The molecule has 0 aromatic rings. The van der Waals surface area contributed by atoms with Crippen molar-refractivity contribution in [3.63, 3.8) is 0 Å². The Labute approximate surface area is 134 Å². The Kier molecular flexibility index (Phi) is 5.89. The summed E-state index contributed by atoms with van der Waals surface area (Å²) < 4.78 is 37.4. The SMILES string of the molecule is CCCNC(=O)C1CCCN(C2CCN(CC(F)(F)F)C2=O)C1. The normalized spacial score (nSPS) is 26.6. The maximum atomic E-state index is 12.5. The van der Waals surface area contributed by atoms with Crippen LogP contribution in [0, 0.1) is 5.92 Å². The van der Waals surface area contributed by atoms with Gasteiger partial charge in [0.1, 0.15) is 6.54 Å². The molecular weight excluding hydrogens is 311 g/mol. The molecule has 0 aromatic carbocycles. The van der Waals surface area contributed by atoms with Crippen LogP contribution in [0.25, 0.3) is 0 Å². The Morgan fingerprint density at radius 1 is 1.30 bits per heavy atom. The third-order valence-corrected chi connectivity index (χ3v) is 4.45. The number of alkyl halides is 3. The molecule has 23 heavy (non-hydrogen) atoms. The van der Waals surface area contributed by atoms with Gasteiger partial charge in [0, 0.05) is 19.6 Å². The van der Waals surface area contributed by atoms with Crippen LogP contribution in [0.3, 0.4) is 0 Å². The Morgan fingerprint density at radius 3 is 2.70 bits per heavy atom. The fourth-order valence-corrected chi connectivity index (χ4v) is 3.33. The molecule has 2 heterocycles. The molecule has 2 amide bonds. The van der Waals surface area contributed by atoms with E-state index in [9.17, 15) is 22.8 Å². The average molecular weight is 335 g/mol. The van der Waals surface area contributed by atoms with E-state index in [0.29, 0.717) is 26.1 Å². The van der Waals surface area contributed by atoms with Crippen molar-refractivity contribution >= 4 is 11.8 Å². The highest BCUT2D eigenvalue weighted by Gasteiger charge is 2.42. The van der Waals surface area contributed by atoms with Crippen LogP contribution < -0.4 is 5.32 Å². The van der Waals surface area contributed by atoms with Crippen LogP contribution in [0.1, 0.15) is 32.6 Å². The third kappa shape index (κ3) is 4.83. The first-order valence-electron chi connectivity index (χ1n) is 8.19. The minimum Gasteiger partial charge on any atom is -0.356 e. The zero-order valence-corrected chi connectivity index (χ0v) is 13.4. The number of halogens is 3. The average Bonchev–Trinajstić information content (AvgIpc) is 2.84. The second-order valence-electron chi connectivity index (χ2n) is 6.30. The lowest BCUT2D eigenvalue weighted by Gasteiger charge is -2.35. The van der Waals surface area contributed by atoms with Crippen molar-refractivity contribution in [3.8, 4) is 0 Å². The van der Waals surface area contributed by atoms with Crippen LogP contribution in [-0.4, -0.2) is 66.6 Å². The molecule has 2 rings (SSSR count). The van der Waals surface area contributed by atoms with Gasteiger partial charge in [-0.25, -0.2) is 0 Å². The van der Waals surface area contributed by atoms with Gasteiger partial charge in [0.25, 0.3) is 0 Å². The van der Waals surface area contributed by atoms with E-state index in [-0.39, 0.29) is 18.4 Å². The topological polar surface area (TPSA) is 52.7 Å². The molecule has 0 saturated carbocycles. The van der Waals surface area contributed by atoms with Gasteiger partial charge in [0.05, 0.1) is 12.0 Å². The summed E-state index contributed by atoms with van der Waals surface area (Å²) in [4.78, 5) is 27.1. The van der Waals surface area contributed by atoms with Gasteiger partial charge in [0.2, 0.25) is 11.8 Å². The quantitative estimate of drug-likeness (QED) is 0.826. The molecular formula is C15H24F3N3O2. The summed E-state index contributed by atoms with van der Waals surface area (Å²) in [6.45, 7) is 2.65. The van der Waals surface area contributed by atoms with E-state index >= 15 is 0 Å². The Bertz CT molecular complexity index is 442. The van der Waals surface area contributed by atoms with Crippen LogP contribution in [0.15, 0.2) is 0 Å². The van der Waals surface area contributed by atoms with Crippen LogP contribution >= 0.6 is 0 Å². The van der Waals surface area contributed by atoms with Crippen molar-refractivity contribution in [2.75, 3.05) is 32.7 Å². The lowest BCUT2D eigenvalue weighted by atomic mass is 9.95. The fourth-order valence-electron chi connectivity index (χ4n) is 3.33. The van der Waals surface area contributed by atoms with Crippen molar-refractivity contribution in [3.05, 3.63) is 0 Å². The molecule has 132 valence electrons. The van der Waals surface area contributed by atoms with E-state index in [0.717, 1.165) is 24.2 Å². The van der Waals surface area contributed by atoms with Crippen molar-refractivity contribution in [1.82, 2.24) is 15.1 Å². The van der Waals surface area contributed by atoms with Gasteiger partial charge in [-0.3, -0.25) is 14.5 Å². The van der Waals surface area contributed by atoms with Crippen LogP contribution in [0.5, 0.6) is 0 Å². The number of amides is 2. The number of carbonyl (C=O) groups is 2. The monoisotopic (exact) mass is 335 g/mol. The Balaban J connectivity index is 1.91. The third-order valence-electron chi connectivity index (χ3n) is 4.45. The van der Waals surface area contributed by atoms with Crippen LogP contribution in [-0.2, 0) is 9.59 Å². The molecule has 0 radical (unpaired) electrons. The van der Waals surface area contributed by atoms with E-state index in [1.807, 2.05) is 11.8 Å². The predicted octanol–water partition coefficient (Wildman–Crippen LogP) is 1.39. The molecule has 2 atom stereocenters. The van der Waals surface area contributed by atoms with Gasteiger partial charge in [-0.15, -0.1) is 0 Å². The molecule has 2 saturated heterocycles. The molecule has 0 aromatic heterocycles. The van der Waals surface area contributed by atoms with Crippen molar-refractivity contribution in [1.29, 1.82) is 0 Å². The molecule has 2 fully saturated rings. The van der Waals surface area contributed by atoms with Crippen LogP contribution in [0.4, 0.5) is 13.2 Å². The minimum absolute atomic E-state index is 0.0193. The zero-order valence-electron chi connectivity index (χ0n) is 13.4. The largest absolute Gasteiger partial charge is 0.406 e. The first-order chi connectivity index (χ1) is 10.8. The van der Waals surface area contributed by atoms with Crippen molar-refractivity contribution in [2.45, 2.75) is 44.8 Å². The van der Waals surface area contributed by atoms with Crippen molar-refractivity contribution in [2.24, 2.45) is 5.92 Å². The first kappa shape index (κ1) is 18.0. The fraction of sp³-hybridized carbons (Fsp3) is 0.867. The molecule has 0 spiro atoms. The standard InChI is InChI=1S/C15H24F3N3O2/c1-2-6-19-13(22)11-4-3-7-20(9-11)12-5-8-21(14(12)23)10-15(16,17)18/h11-12H,2-10H2,1H3,(H,19,22). The summed E-state index contributed by atoms with van der Waals surface area (Å²) in [6, 6.07) is -0.515. The minimum atomic E-state index is -4.37. The molecule has 2 unspecified atom stereocenters. The number of likely N-dealkylation sites (tertiary alicyclic amines) is 2. The summed E-state index contributed by atoms with van der Waals surface area (Å²) in [5, 5.41) is 2.85. The molecule has 2 aliphatic heterocycles. The molecule has 0 aliphatic carbocycles. The predicted molar refractivity (Wildman–Crippen MR) is 78.6 cm³/mol. The second-order valence-corrected chi connectivity index (χ2v) is 6.30. The molecule has 8 heteroatoms. The highest BCUT2D eigenvalue weighted by molar-refractivity contribution is 5.84. The molecule has 0 bridgehead atoms. The van der Waals surface area contributed by atoms with Gasteiger partial charge in [0.15, 0.2) is 0 Å². The van der Waals surface area contributed by atoms with E-state index in [2.05, 4.69) is 5.32 Å². The van der Waals surface area contributed by atoms with E-state index in [4.69, 9.17) is 0 Å². The highest BCUT2D eigenvalue weighted by Crippen LogP contribution is 2.26. The second kappa shape index (κ2) is 7.51. The Morgan fingerprint density at radius 2 is 2.04 bits per heavy atom. The number of nitrogens with zero attached hydrogens (tertiary/aromatic N) is 2. The summed E-state index contributed by atoms with van der Waals surface area (Å²) in [5.41, 5.74) is 0. The molecule has 2 aliphatic rings. The van der Waals surface area contributed by atoms with Gasteiger partial charge in [-0.2, -0.15) is 13.2 Å². The van der Waals surface area contributed by atoms with E-state index < -0.39 is 24.7 Å². The highest BCUT2D eigenvalue weighted by atomic mass is 19.4. The number of hydrogen-bond donors (Lipinski definition) is 1. The maximum absolute atomic E-state index is 12.5. The summed E-state index contributed by atoms with van der Waals surface area (Å²) in [7, 11) is 0. The van der Waals surface area contributed by atoms with E-state index in [1.54, 1.807) is 0 Å². The van der Waals surface area contributed by atoms with Crippen LogP contribution in [0.2, 0.25) is 0 Å². The summed E-state index contributed by atoms with van der Waals surface area (Å²) in [5.74, 6) is -0.661. The number of piperidine rings is 1. The first-order valence-corrected chi connectivity index (χ1v) is 8.19. The number of rotatable bonds is 5. The number of nitrogens with one attached hydrogen (secondary N) is 1.